The van der Waals surface area contributed by atoms with E-state index in [0.29, 0.717) is 0 Å². The molecule has 0 amide bonds. The SMILES string of the molecule is Cn1c(Cc2ccccc2)nn(C[NH+]2CCC3(CC2)OCCO3)c1=S. The van der Waals surface area contributed by atoms with Crippen LogP contribution in [0.5, 0.6) is 0 Å². The zero-order chi connectivity index (χ0) is 17.3. The van der Waals surface area contributed by atoms with Gasteiger partial charge in [0, 0.05) is 13.5 Å². The Hall–Kier alpha value is -1.54. The minimum atomic E-state index is -0.312. The third-order valence-electron chi connectivity index (χ3n) is 5.24. The lowest BCUT2D eigenvalue weighted by atomic mass is 10.0. The highest BCUT2D eigenvalue weighted by Crippen LogP contribution is 2.27. The Balaban J connectivity index is 1.43. The van der Waals surface area contributed by atoms with Gasteiger partial charge in [-0.1, -0.05) is 30.3 Å². The van der Waals surface area contributed by atoms with Crippen LogP contribution in [0.2, 0.25) is 0 Å². The van der Waals surface area contributed by atoms with Crippen LogP contribution in [-0.4, -0.2) is 46.4 Å². The highest BCUT2D eigenvalue weighted by atomic mass is 32.1. The van der Waals surface area contributed by atoms with Crippen molar-refractivity contribution in [2.24, 2.45) is 7.05 Å². The normalized spacial score (nSPS) is 20.4. The molecule has 0 unspecified atom stereocenters. The van der Waals surface area contributed by atoms with Gasteiger partial charge in [-0.25, -0.2) is 0 Å². The number of nitrogens with zero attached hydrogens (tertiary/aromatic N) is 3. The molecule has 2 saturated heterocycles. The molecule has 4 rings (SSSR count). The molecule has 1 aromatic carbocycles. The Morgan fingerprint density at radius 2 is 1.84 bits per heavy atom. The number of hydrogen-bond donors (Lipinski definition) is 1. The van der Waals surface area contributed by atoms with Gasteiger partial charge in [0.25, 0.3) is 0 Å². The summed E-state index contributed by atoms with van der Waals surface area (Å²) in [6.07, 6.45) is 2.69. The zero-order valence-corrected chi connectivity index (χ0v) is 15.4. The Bertz CT molecular complexity index is 770. The van der Waals surface area contributed by atoms with Gasteiger partial charge in [0.05, 0.1) is 39.1 Å². The summed E-state index contributed by atoms with van der Waals surface area (Å²) in [4.78, 5) is 1.48. The highest BCUT2D eigenvalue weighted by molar-refractivity contribution is 7.71. The van der Waals surface area contributed by atoms with Crippen LogP contribution in [-0.2, 0) is 29.6 Å². The molecule has 0 bridgehead atoms. The smallest absolute Gasteiger partial charge is 0.202 e. The maximum Gasteiger partial charge on any atom is 0.202 e. The minimum Gasteiger partial charge on any atom is -0.347 e. The van der Waals surface area contributed by atoms with Gasteiger partial charge in [0.1, 0.15) is 5.82 Å². The number of quaternary nitrogens is 1. The van der Waals surface area contributed by atoms with Crippen molar-refractivity contribution in [3.8, 4) is 0 Å². The van der Waals surface area contributed by atoms with Gasteiger partial charge in [-0.15, -0.1) is 0 Å². The largest absolute Gasteiger partial charge is 0.347 e. The molecule has 1 aromatic heterocycles. The second-order valence-corrected chi connectivity index (χ2v) is 7.30. The third-order valence-corrected chi connectivity index (χ3v) is 5.73. The molecule has 0 aliphatic carbocycles. The fourth-order valence-corrected chi connectivity index (χ4v) is 3.92. The molecule has 0 atom stereocenters. The average Bonchev–Trinajstić information content (AvgIpc) is 3.19. The molecule has 7 heteroatoms. The predicted molar refractivity (Wildman–Crippen MR) is 95.8 cm³/mol. The van der Waals surface area contributed by atoms with Crippen LogP contribution >= 0.6 is 12.2 Å². The zero-order valence-electron chi connectivity index (χ0n) is 14.6. The standard InChI is InChI=1S/C18H24N4O2S/c1-20-16(13-15-5-3-2-4-6-15)19-22(17(20)25)14-21-9-7-18(8-10-21)23-11-12-24-18/h2-6H,7-14H2,1H3/p+1. The molecule has 2 aliphatic heterocycles. The second-order valence-electron chi connectivity index (χ2n) is 6.94. The van der Waals surface area contributed by atoms with E-state index in [4.69, 9.17) is 26.8 Å². The summed E-state index contributed by atoms with van der Waals surface area (Å²) in [5.41, 5.74) is 1.25. The Morgan fingerprint density at radius 1 is 1.16 bits per heavy atom. The van der Waals surface area contributed by atoms with Crippen LogP contribution < -0.4 is 4.90 Å². The molecule has 25 heavy (non-hydrogen) atoms. The monoisotopic (exact) mass is 361 g/mol. The molecule has 3 heterocycles. The van der Waals surface area contributed by atoms with Crippen molar-refractivity contribution in [2.75, 3.05) is 26.3 Å². The molecular weight excluding hydrogens is 336 g/mol. The van der Waals surface area contributed by atoms with Crippen molar-refractivity contribution in [1.29, 1.82) is 0 Å². The Kier molecular flexibility index (Phi) is 4.73. The number of nitrogens with one attached hydrogen (secondary N) is 1. The van der Waals surface area contributed by atoms with Crippen molar-refractivity contribution in [1.82, 2.24) is 14.3 Å². The van der Waals surface area contributed by atoms with Gasteiger partial charge in [0.15, 0.2) is 12.5 Å². The predicted octanol–water partition coefficient (Wildman–Crippen LogP) is 0.921. The number of ether oxygens (including phenoxy) is 2. The molecule has 2 fully saturated rings. The van der Waals surface area contributed by atoms with E-state index in [-0.39, 0.29) is 5.79 Å². The van der Waals surface area contributed by atoms with Crippen LogP contribution in [0.25, 0.3) is 0 Å². The minimum absolute atomic E-state index is 0.312. The third kappa shape index (κ3) is 3.55. The van der Waals surface area contributed by atoms with E-state index >= 15 is 0 Å². The van der Waals surface area contributed by atoms with Crippen LogP contribution in [0.1, 0.15) is 24.2 Å². The summed E-state index contributed by atoms with van der Waals surface area (Å²) < 4.78 is 16.4. The lowest BCUT2D eigenvalue weighted by Crippen LogP contribution is -3.13. The summed E-state index contributed by atoms with van der Waals surface area (Å²) in [5, 5.41) is 4.78. The molecule has 134 valence electrons. The molecule has 0 radical (unpaired) electrons. The number of benzene rings is 1. The number of piperidine rings is 1. The number of rotatable bonds is 4. The lowest BCUT2D eigenvalue weighted by Gasteiger charge is -2.34. The van der Waals surface area contributed by atoms with Gasteiger partial charge in [-0.05, 0) is 17.8 Å². The van der Waals surface area contributed by atoms with Crippen molar-refractivity contribution < 1.29 is 14.4 Å². The number of likely N-dealkylation sites (tertiary alicyclic amines) is 1. The van der Waals surface area contributed by atoms with Crippen LogP contribution in [0.4, 0.5) is 0 Å². The first-order valence-electron chi connectivity index (χ1n) is 8.93. The topological polar surface area (TPSA) is 45.7 Å². The van der Waals surface area contributed by atoms with Gasteiger partial charge < -0.3 is 18.9 Å². The van der Waals surface area contributed by atoms with E-state index in [2.05, 4.69) is 24.3 Å². The molecule has 2 aromatic rings. The quantitative estimate of drug-likeness (QED) is 0.823. The molecule has 1 N–H and O–H groups in total. The first-order chi connectivity index (χ1) is 12.2. The molecule has 0 saturated carbocycles. The summed E-state index contributed by atoms with van der Waals surface area (Å²) in [6.45, 7) is 4.29. The van der Waals surface area contributed by atoms with E-state index in [9.17, 15) is 0 Å². The van der Waals surface area contributed by atoms with Crippen LogP contribution in [0.15, 0.2) is 30.3 Å². The fraction of sp³-hybridized carbons (Fsp3) is 0.556. The van der Waals surface area contributed by atoms with Crippen molar-refractivity contribution in [3.63, 3.8) is 0 Å². The fourth-order valence-electron chi connectivity index (χ4n) is 3.71. The van der Waals surface area contributed by atoms with Crippen molar-refractivity contribution >= 4 is 12.2 Å². The van der Waals surface area contributed by atoms with Crippen LogP contribution in [0, 0.1) is 4.77 Å². The van der Waals surface area contributed by atoms with Crippen molar-refractivity contribution in [2.45, 2.75) is 31.7 Å². The molecular formula is C18H25N4O2S+. The Morgan fingerprint density at radius 3 is 2.52 bits per heavy atom. The highest BCUT2D eigenvalue weighted by Gasteiger charge is 2.41. The average molecular weight is 361 g/mol. The summed E-state index contributed by atoms with van der Waals surface area (Å²) >= 11 is 5.60. The maximum absolute atomic E-state index is 5.81. The summed E-state index contributed by atoms with van der Waals surface area (Å²) in [7, 11) is 2.00. The molecule has 2 aliphatic rings. The van der Waals surface area contributed by atoms with Gasteiger partial charge in [-0.3, -0.25) is 0 Å². The van der Waals surface area contributed by atoms with E-state index in [1.165, 1.54) is 10.5 Å². The maximum atomic E-state index is 5.81. The van der Waals surface area contributed by atoms with Gasteiger partial charge >= 0.3 is 0 Å². The molecule has 6 nitrogen and oxygen atoms in total. The van der Waals surface area contributed by atoms with Gasteiger partial charge in [0.2, 0.25) is 4.77 Å². The van der Waals surface area contributed by atoms with Gasteiger partial charge in [-0.2, -0.15) is 9.78 Å². The number of hydrogen-bond acceptors (Lipinski definition) is 4. The van der Waals surface area contributed by atoms with E-state index < -0.39 is 0 Å². The Labute approximate surface area is 153 Å². The van der Waals surface area contributed by atoms with E-state index in [0.717, 1.165) is 62.8 Å². The summed E-state index contributed by atoms with van der Waals surface area (Å²) in [6, 6.07) is 10.4. The second kappa shape index (κ2) is 6.99. The van der Waals surface area contributed by atoms with Crippen molar-refractivity contribution in [3.05, 3.63) is 46.5 Å². The van der Waals surface area contributed by atoms with E-state index in [1.54, 1.807) is 0 Å². The lowest BCUT2D eigenvalue weighted by molar-refractivity contribution is -0.931. The first kappa shape index (κ1) is 16.9. The van der Waals surface area contributed by atoms with E-state index in [1.807, 2.05) is 22.4 Å². The molecule has 1 spiro atoms. The first-order valence-corrected chi connectivity index (χ1v) is 9.34. The van der Waals surface area contributed by atoms with Crippen LogP contribution in [0.3, 0.4) is 0 Å². The number of aromatic nitrogens is 3. The summed E-state index contributed by atoms with van der Waals surface area (Å²) in [5.74, 6) is 0.694.